The van der Waals surface area contributed by atoms with Gasteiger partial charge < -0.3 is 9.47 Å². The fourth-order valence-electron chi connectivity index (χ4n) is 4.00. The zero-order valence-electron chi connectivity index (χ0n) is 21.5. The van der Waals surface area contributed by atoms with Gasteiger partial charge in [0.05, 0.1) is 22.7 Å². The summed E-state index contributed by atoms with van der Waals surface area (Å²) in [6.07, 6.45) is 1.14. The van der Waals surface area contributed by atoms with Gasteiger partial charge in [-0.25, -0.2) is 16.8 Å². The van der Waals surface area contributed by atoms with Crippen molar-refractivity contribution in [1.29, 1.82) is 0 Å². The molecule has 0 aliphatic heterocycles. The molecule has 0 amide bonds. The number of hydrogen-bond donors (Lipinski definition) is 0. The summed E-state index contributed by atoms with van der Waals surface area (Å²) in [5.74, 6) is 0.920. The van der Waals surface area contributed by atoms with E-state index in [1.807, 2.05) is 19.1 Å². The summed E-state index contributed by atoms with van der Waals surface area (Å²) in [4.78, 5) is -0.245. The lowest BCUT2D eigenvalue weighted by Crippen LogP contribution is -2.10. The smallest absolute Gasteiger partial charge is 0.206 e. The zero-order chi connectivity index (χ0) is 27.3. The molecule has 4 rings (SSSR count). The number of rotatable bonds is 10. The Morgan fingerprint density at radius 3 is 1.82 bits per heavy atom. The van der Waals surface area contributed by atoms with Crippen molar-refractivity contribution in [3.05, 3.63) is 108 Å². The molecule has 198 valence electrons. The van der Waals surface area contributed by atoms with Crippen molar-refractivity contribution in [1.82, 2.24) is 0 Å². The van der Waals surface area contributed by atoms with E-state index in [1.54, 1.807) is 31.2 Å². The Labute approximate surface area is 224 Å². The highest BCUT2D eigenvalue weighted by atomic mass is 32.2. The van der Waals surface area contributed by atoms with Crippen molar-refractivity contribution < 1.29 is 26.3 Å². The van der Waals surface area contributed by atoms with Crippen LogP contribution >= 0.6 is 0 Å². The van der Waals surface area contributed by atoms with Crippen molar-refractivity contribution in [2.75, 3.05) is 12.9 Å². The molecule has 0 heterocycles. The first kappa shape index (κ1) is 27.4. The minimum absolute atomic E-state index is 0.0370. The van der Waals surface area contributed by atoms with Gasteiger partial charge in [0.2, 0.25) is 9.84 Å². The molecule has 4 aromatic rings. The normalized spacial score (nSPS) is 11.8. The molecule has 0 bridgehead atoms. The van der Waals surface area contributed by atoms with Crippen LogP contribution in [0.4, 0.5) is 0 Å². The van der Waals surface area contributed by atoms with E-state index < -0.39 is 19.7 Å². The molecular formula is C30H30O6S2. The van der Waals surface area contributed by atoms with Gasteiger partial charge in [0, 0.05) is 0 Å². The second-order valence-corrected chi connectivity index (χ2v) is 13.0. The van der Waals surface area contributed by atoms with Crippen LogP contribution in [0.2, 0.25) is 0 Å². The molecule has 0 aromatic heterocycles. The molecule has 4 aromatic carbocycles. The Bertz CT molecular complexity index is 1610. The van der Waals surface area contributed by atoms with Crippen molar-refractivity contribution in [2.45, 2.75) is 41.4 Å². The predicted molar refractivity (Wildman–Crippen MR) is 148 cm³/mol. The zero-order valence-corrected chi connectivity index (χ0v) is 23.2. The van der Waals surface area contributed by atoms with Gasteiger partial charge >= 0.3 is 0 Å². The molecule has 0 saturated heterocycles. The molecule has 0 N–H and O–H groups in total. The van der Waals surface area contributed by atoms with Gasteiger partial charge in [-0.15, -0.1) is 0 Å². The summed E-state index contributed by atoms with van der Waals surface area (Å²) >= 11 is 0. The van der Waals surface area contributed by atoms with Gasteiger partial charge in [-0.3, -0.25) is 0 Å². The molecule has 8 heteroatoms. The third-order valence-electron chi connectivity index (χ3n) is 6.08. The number of sulfone groups is 2. The van der Waals surface area contributed by atoms with Gasteiger partial charge in [-0.2, -0.15) is 0 Å². The lowest BCUT2D eigenvalue weighted by atomic mass is 10.0. The third kappa shape index (κ3) is 6.26. The Hall–Kier alpha value is -3.62. The fourth-order valence-corrected chi connectivity index (χ4v) is 6.84. The first-order chi connectivity index (χ1) is 18.1. The monoisotopic (exact) mass is 550 g/mol. The Kier molecular flexibility index (Phi) is 8.23. The van der Waals surface area contributed by atoms with Crippen molar-refractivity contribution in [3.63, 3.8) is 0 Å². The van der Waals surface area contributed by atoms with Gasteiger partial charge in [0.15, 0.2) is 9.84 Å². The Morgan fingerprint density at radius 2 is 1.24 bits per heavy atom. The standard InChI is InChI=1S/C30H30O6S2/c1-4-19-37(31,32)30-21-28(38(33,34)27-15-13-25(35-3)14-16-27)17-18-29(30)36-26-11-9-24(10-12-26)20-23-7-5-22(2)6-8-23/h5-18,21H,4,19-20H2,1-3H3. The molecule has 6 nitrogen and oxygen atoms in total. The Morgan fingerprint density at radius 1 is 0.684 bits per heavy atom. The van der Waals surface area contributed by atoms with Crippen molar-refractivity contribution in [2.24, 2.45) is 0 Å². The number of benzene rings is 4. The summed E-state index contributed by atoms with van der Waals surface area (Å²) in [7, 11) is -6.27. The van der Waals surface area contributed by atoms with Crippen LogP contribution in [0.5, 0.6) is 17.2 Å². The first-order valence-electron chi connectivity index (χ1n) is 12.2. The van der Waals surface area contributed by atoms with Crippen LogP contribution in [0, 0.1) is 6.92 Å². The quantitative estimate of drug-likeness (QED) is 0.227. The predicted octanol–water partition coefficient (Wildman–Crippen LogP) is 6.40. The summed E-state index contributed by atoms with van der Waals surface area (Å²) in [5, 5.41) is 0. The fraction of sp³-hybridized carbons (Fsp3) is 0.200. The maximum atomic E-state index is 13.3. The number of aryl methyl sites for hydroxylation is 1. The molecule has 0 spiro atoms. The van der Waals surface area contributed by atoms with E-state index in [0.29, 0.717) is 17.9 Å². The van der Waals surface area contributed by atoms with Crippen molar-refractivity contribution in [3.8, 4) is 17.2 Å². The van der Waals surface area contributed by atoms with E-state index in [4.69, 9.17) is 9.47 Å². The van der Waals surface area contributed by atoms with Crippen LogP contribution < -0.4 is 9.47 Å². The molecule has 0 radical (unpaired) electrons. The van der Waals surface area contributed by atoms with E-state index >= 15 is 0 Å². The molecule has 0 aliphatic rings. The summed E-state index contributed by atoms with van der Waals surface area (Å²) in [6.45, 7) is 3.80. The van der Waals surface area contributed by atoms with E-state index in [1.165, 1.54) is 48.6 Å². The maximum absolute atomic E-state index is 13.3. The van der Waals surface area contributed by atoms with Gasteiger partial charge in [-0.05, 0) is 85.5 Å². The minimum Gasteiger partial charge on any atom is -0.497 e. The van der Waals surface area contributed by atoms with Crippen LogP contribution in [-0.4, -0.2) is 29.7 Å². The highest BCUT2D eigenvalue weighted by molar-refractivity contribution is 7.92. The van der Waals surface area contributed by atoms with Crippen LogP contribution in [0.15, 0.2) is 106 Å². The van der Waals surface area contributed by atoms with Crippen LogP contribution in [0.3, 0.4) is 0 Å². The second-order valence-electron chi connectivity index (χ2n) is 9.01. The van der Waals surface area contributed by atoms with Gasteiger partial charge in [-0.1, -0.05) is 48.9 Å². The summed E-state index contributed by atoms with van der Waals surface area (Å²) < 4.78 is 63.9. The summed E-state index contributed by atoms with van der Waals surface area (Å²) in [6, 6.07) is 25.6. The topological polar surface area (TPSA) is 86.7 Å². The van der Waals surface area contributed by atoms with Crippen molar-refractivity contribution >= 4 is 19.7 Å². The highest BCUT2D eigenvalue weighted by Gasteiger charge is 2.25. The van der Waals surface area contributed by atoms with E-state index in [-0.39, 0.29) is 26.2 Å². The lowest BCUT2D eigenvalue weighted by molar-refractivity contribution is 0.414. The van der Waals surface area contributed by atoms with E-state index in [9.17, 15) is 16.8 Å². The average Bonchev–Trinajstić information content (AvgIpc) is 2.91. The molecular weight excluding hydrogens is 520 g/mol. The largest absolute Gasteiger partial charge is 0.497 e. The molecule has 0 atom stereocenters. The lowest BCUT2D eigenvalue weighted by Gasteiger charge is -2.14. The number of hydrogen-bond acceptors (Lipinski definition) is 6. The minimum atomic E-state index is -3.96. The number of methoxy groups -OCH3 is 1. The number of ether oxygens (including phenoxy) is 2. The van der Waals surface area contributed by atoms with Crippen LogP contribution in [-0.2, 0) is 26.1 Å². The van der Waals surface area contributed by atoms with E-state index in [2.05, 4.69) is 24.3 Å². The first-order valence-corrected chi connectivity index (χ1v) is 15.3. The maximum Gasteiger partial charge on any atom is 0.206 e. The van der Waals surface area contributed by atoms with Crippen LogP contribution in [0.25, 0.3) is 0 Å². The molecule has 0 aliphatic carbocycles. The SMILES string of the molecule is CCCS(=O)(=O)c1cc(S(=O)(=O)c2ccc(OC)cc2)ccc1Oc1ccc(Cc2ccc(C)cc2)cc1. The molecule has 0 fully saturated rings. The third-order valence-corrected chi connectivity index (χ3v) is 9.79. The molecule has 38 heavy (non-hydrogen) atoms. The van der Waals surface area contributed by atoms with Crippen LogP contribution in [0.1, 0.15) is 30.0 Å². The van der Waals surface area contributed by atoms with E-state index in [0.717, 1.165) is 12.0 Å². The second kappa shape index (κ2) is 11.4. The molecule has 0 saturated carbocycles. The van der Waals surface area contributed by atoms with Gasteiger partial charge in [0.25, 0.3) is 0 Å². The Balaban J connectivity index is 1.65. The summed E-state index contributed by atoms with van der Waals surface area (Å²) in [5.41, 5.74) is 3.47. The highest BCUT2D eigenvalue weighted by Crippen LogP contribution is 2.34. The molecule has 0 unspecified atom stereocenters. The average molecular weight is 551 g/mol. The van der Waals surface area contributed by atoms with Gasteiger partial charge in [0.1, 0.15) is 22.1 Å².